The van der Waals surface area contributed by atoms with E-state index in [1.807, 2.05) is 31.2 Å². The van der Waals surface area contributed by atoms with E-state index in [0.29, 0.717) is 37.8 Å². The van der Waals surface area contributed by atoms with Gasteiger partial charge in [-0.05, 0) is 43.3 Å². The predicted molar refractivity (Wildman–Crippen MR) is 94.9 cm³/mol. The Balaban J connectivity index is 1.45. The van der Waals surface area contributed by atoms with Gasteiger partial charge in [-0.25, -0.2) is 4.39 Å². The molecule has 3 rings (SSSR count). The minimum Gasteiger partial charge on any atom is -0.491 e. The number of morpholine rings is 1. The molecule has 138 valence electrons. The smallest absolute Gasteiger partial charge is 0.260 e. The van der Waals surface area contributed by atoms with Gasteiger partial charge in [-0.3, -0.25) is 4.79 Å². The second-order valence-corrected chi connectivity index (χ2v) is 6.20. The summed E-state index contributed by atoms with van der Waals surface area (Å²) in [7, 11) is 0. The van der Waals surface area contributed by atoms with Crippen LogP contribution in [-0.2, 0) is 9.53 Å². The quantitative estimate of drug-likeness (QED) is 0.796. The highest BCUT2D eigenvalue weighted by Crippen LogP contribution is 2.14. The van der Waals surface area contributed by atoms with E-state index in [2.05, 4.69) is 0 Å². The van der Waals surface area contributed by atoms with Crippen molar-refractivity contribution < 1.29 is 23.4 Å². The van der Waals surface area contributed by atoms with E-state index in [4.69, 9.17) is 14.2 Å². The number of rotatable bonds is 6. The molecule has 1 amide bonds. The minimum atomic E-state index is -0.309. The van der Waals surface area contributed by atoms with Crippen molar-refractivity contribution in [1.29, 1.82) is 0 Å². The highest BCUT2D eigenvalue weighted by atomic mass is 19.1. The summed E-state index contributed by atoms with van der Waals surface area (Å²) in [5.74, 6) is 0.854. The number of benzene rings is 2. The van der Waals surface area contributed by atoms with Crippen LogP contribution in [0.1, 0.15) is 5.56 Å². The predicted octanol–water partition coefficient (Wildman–Crippen LogP) is 2.82. The first-order valence-electron chi connectivity index (χ1n) is 8.57. The van der Waals surface area contributed by atoms with E-state index in [0.717, 1.165) is 5.56 Å². The Hall–Kier alpha value is -2.60. The molecule has 1 aliphatic heterocycles. The minimum absolute atomic E-state index is 0.00536. The van der Waals surface area contributed by atoms with Gasteiger partial charge in [0.05, 0.1) is 13.2 Å². The fourth-order valence-electron chi connectivity index (χ4n) is 2.64. The van der Waals surface area contributed by atoms with Crippen LogP contribution in [0.2, 0.25) is 0 Å². The molecule has 0 unspecified atom stereocenters. The Kier molecular flexibility index (Phi) is 6.07. The molecular formula is C20H22FNO4. The Labute approximate surface area is 152 Å². The first kappa shape index (κ1) is 18.2. The standard InChI is InChI=1S/C20H22FNO4/c1-15-2-6-17(7-3-15)26-14-20(23)22-10-11-24-19(12-22)13-25-18-8-4-16(21)5-9-18/h2-9,19H,10-14H2,1H3/t19-/m1/s1. The van der Waals surface area contributed by atoms with Crippen molar-refractivity contribution in [1.82, 2.24) is 4.90 Å². The van der Waals surface area contributed by atoms with E-state index < -0.39 is 0 Å². The van der Waals surface area contributed by atoms with E-state index in [1.165, 1.54) is 12.1 Å². The lowest BCUT2D eigenvalue weighted by Gasteiger charge is -2.32. The van der Waals surface area contributed by atoms with Gasteiger partial charge in [-0.15, -0.1) is 0 Å². The Morgan fingerprint density at radius 2 is 1.77 bits per heavy atom. The maximum atomic E-state index is 12.9. The number of aryl methyl sites for hydroxylation is 1. The van der Waals surface area contributed by atoms with Crippen molar-refractivity contribution in [3.63, 3.8) is 0 Å². The van der Waals surface area contributed by atoms with Crippen LogP contribution in [0.25, 0.3) is 0 Å². The highest BCUT2D eigenvalue weighted by Gasteiger charge is 2.25. The summed E-state index contributed by atoms with van der Waals surface area (Å²) in [6.45, 7) is 3.72. The van der Waals surface area contributed by atoms with E-state index in [1.54, 1.807) is 17.0 Å². The molecule has 2 aromatic rings. The van der Waals surface area contributed by atoms with Crippen LogP contribution in [0.5, 0.6) is 11.5 Å². The first-order valence-corrected chi connectivity index (χ1v) is 8.57. The lowest BCUT2D eigenvalue weighted by atomic mass is 10.2. The molecule has 0 bridgehead atoms. The van der Waals surface area contributed by atoms with Crippen LogP contribution >= 0.6 is 0 Å². The summed E-state index contributed by atoms with van der Waals surface area (Å²) in [6.07, 6.45) is -0.225. The summed E-state index contributed by atoms with van der Waals surface area (Å²) < 4.78 is 29.7. The van der Waals surface area contributed by atoms with Crippen LogP contribution in [0.4, 0.5) is 4.39 Å². The summed E-state index contributed by atoms with van der Waals surface area (Å²) in [4.78, 5) is 14.1. The molecule has 1 fully saturated rings. The van der Waals surface area contributed by atoms with Crippen molar-refractivity contribution in [3.05, 3.63) is 59.9 Å². The average molecular weight is 359 g/mol. The second-order valence-electron chi connectivity index (χ2n) is 6.20. The van der Waals surface area contributed by atoms with Gasteiger partial charge < -0.3 is 19.1 Å². The van der Waals surface area contributed by atoms with E-state index in [-0.39, 0.29) is 24.4 Å². The van der Waals surface area contributed by atoms with Crippen molar-refractivity contribution >= 4 is 5.91 Å². The molecule has 0 aliphatic carbocycles. The Morgan fingerprint density at radius 1 is 1.12 bits per heavy atom. The third-order valence-electron chi connectivity index (χ3n) is 4.12. The van der Waals surface area contributed by atoms with Crippen LogP contribution in [0.3, 0.4) is 0 Å². The molecule has 1 aliphatic rings. The molecule has 6 heteroatoms. The Bertz CT molecular complexity index is 718. The number of ether oxygens (including phenoxy) is 3. The molecule has 0 aromatic heterocycles. The number of hydrogen-bond acceptors (Lipinski definition) is 4. The van der Waals surface area contributed by atoms with Gasteiger partial charge in [0.1, 0.15) is 30.0 Å². The SMILES string of the molecule is Cc1ccc(OCC(=O)N2CCO[C@@H](COc3ccc(F)cc3)C2)cc1. The molecule has 1 heterocycles. The highest BCUT2D eigenvalue weighted by molar-refractivity contribution is 5.77. The molecule has 0 saturated carbocycles. The van der Waals surface area contributed by atoms with Crippen molar-refractivity contribution in [2.24, 2.45) is 0 Å². The van der Waals surface area contributed by atoms with Crippen LogP contribution < -0.4 is 9.47 Å². The monoisotopic (exact) mass is 359 g/mol. The molecule has 0 spiro atoms. The first-order chi connectivity index (χ1) is 12.6. The molecule has 5 nitrogen and oxygen atoms in total. The van der Waals surface area contributed by atoms with Gasteiger partial charge >= 0.3 is 0 Å². The third kappa shape index (κ3) is 5.20. The van der Waals surface area contributed by atoms with E-state index in [9.17, 15) is 9.18 Å². The fraction of sp³-hybridized carbons (Fsp3) is 0.350. The lowest BCUT2D eigenvalue weighted by molar-refractivity contribution is -0.142. The van der Waals surface area contributed by atoms with Crippen molar-refractivity contribution in [2.45, 2.75) is 13.0 Å². The van der Waals surface area contributed by atoms with Crippen LogP contribution in [0, 0.1) is 12.7 Å². The van der Waals surface area contributed by atoms with Crippen molar-refractivity contribution in [2.75, 3.05) is 32.9 Å². The second kappa shape index (κ2) is 8.67. The zero-order valence-electron chi connectivity index (χ0n) is 14.7. The molecular weight excluding hydrogens is 337 g/mol. The number of nitrogens with zero attached hydrogens (tertiary/aromatic N) is 1. The topological polar surface area (TPSA) is 48.0 Å². The molecule has 0 radical (unpaired) electrons. The molecule has 2 aromatic carbocycles. The largest absolute Gasteiger partial charge is 0.491 e. The maximum Gasteiger partial charge on any atom is 0.260 e. The molecule has 0 N–H and O–H groups in total. The van der Waals surface area contributed by atoms with Crippen molar-refractivity contribution in [3.8, 4) is 11.5 Å². The van der Waals surface area contributed by atoms with Crippen LogP contribution in [-0.4, -0.2) is 49.8 Å². The van der Waals surface area contributed by atoms with Gasteiger partial charge in [-0.1, -0.05) is 17.7 Å². The van der Waals surface area contributed by atoms with Gasteiger partial charge in [0.25, 0.3) is 5.91 Å². The summed E-state index contributed by atoms with van der Waals surface area (Å²) in [5.41, 5.74) is 1.14. The summed E-state index contributed by atoms with van der Waals surface area (Å²) >= 11 is 0. The number of amides is 1. The lowest BCUT2D eigenvalue weighted by Crippen LogP contribution is -2.49. The number of hydrogen-bond donors (Lipinski definition) is 0. The zero-order valence-corrected chi connectivity index (χ0v) is 14.7. The van der Waals surface area contributed by atoms with Gasteiger partial charge in [0, 0.05) is 6.54 Å². The van der Waals surface area contributed by atoms with Crippen LogP contribution in [0.15, 0.2) is 48.5 Å². The fourth-order valence-corrected chi connectivity index (χ4v) is 2.64. The molecule has 26 heavy (non-hydrogen) atoms. The Morgan fingerprint density at radius 3 is 2.50 bits per heavy atom. The van der Waals surface area contributed by atoms with Gasteiger partial charge in [0.15, 0.2) is 6.61 Å². The summed E-state index contributed by atoms with van der Waals surface area (Å²) in [5, 5.41) is 0. The van der Waals surface area contributed by atoms with Gasteiger partial charge in [-0.2, -0.15) is 0 Å². The zero-order chi connectivity index (χ0) is 18.4. The molecule has 1 saturated heterocycles. The summed E-state index contributed by atoms with van der Waals surface area (Å²) in [6, 6.07) is 13.4. The van der Waals surface area contributed by atoms with Gasteiger partial charge in [0.2, 0.25) is 0 Å². The normalized spacial score (nSPS) is 17.0. The third-order valence-corrected chi connectivity index (χ3v) is 4.12. The number of carbonyl (C=O) groups excluding carboxylic acids is 1. The average Bonchev–Trinajstić information content (AvgIpc) is 2.67. The number of halogens is 1. The maximum absolute atomic E-state index is 12.9. The number of carbonyl (C=O) groups is 1. The van der Waals surface area contributed by atoms with E-state index >= 15 is 0 Å². The molecule has 1 atom stereocenters.